The van der Waals surface area contributed by atoms with Crippen molar-refractivity contribution in [2.24, 2.45) is 0 Å². The summed E-state index contributed by atoms with van der Waals surface area (Å²) >= 11 is 0. The second kappa shape index (κ2) is 8.64. The number of carboxylic acids is 1. The Morgan fingerprint density at radius 3 is 2.20 bits per heavy atom. The predicted octanol–water partition coefficient (Wildman–Crippen LogP) is 5.35. The van der Waals surface area contributed by atoms with E-state index in [4.69, 9.17) is 4.74 Å². The highest BCUT2D eigenvalue weighted by Crippen LogP contribution is 2.37. The van der Waals surface area contributed by atoms with E-state index < -0.39 is 47.5 Å². The van der Waals surface area contributed by atoms with Crippen LogP contribution in [-0.2, 0) is 23.8 Å². The van der Waals surface area contributed by atoms with Crippen LogP contribution in [0.25, 0.3) is 0 Å². The summed E-state index contributed by atoms with van der Waals surface area (Å²) in [6.45, 7) is 0.794. The Hall–Kier alpha value is -3.24. The quantitative estimate of drug-likeness (QED) is 0.600. The van der Waals surface area contributed by atoms with E-state index in [9.17, 15) is 41.0 Å². The Kier molecular flexibility index (Phi) is 6.63. The van der Waals surface area contributed by atoms with Crippen LogP contribution in [0.5, 0.6) is 5.75 Å². The third-order valence-corrected chi connectivity index (χ3v) is 3.95. The standard InChI is InChI=1S/C19H15F6NO4/c1-2-16(27)26-15-6-5-12(8-13(15)17(28)29)30-9-10-3-4-11(18(20,21)22)7-14(10)19(23,24)25/h3-8H,2,9H2,1H3,(H,26,27)(H,28,29). The highest BCUT2D eigenvalue weighted by Gasteiger charge is 2.38. The zero-order chi connectivity index (χ0) is 22.7. The Morgan fingerprint density at radius 2 is 1.67 bits per heavy atom. The SMILES string of the molecule is CCC(=O)Nc1ccc(OCc2ccc(C(F)(F)F)cc2C(F)(F)F)cc1C(=O)O. The molecule has 2 rings (SSSR count). The van der Waals surface area contributed by atoms with Gasteiger partial charge in [-0.2, -0.15) is 26.3 Å². The fraction of sp³-hybridized carbons (Fsp3) is 0.263. The van der Waals surface area contributed by atoms with E-state index in [1.165, 1.54) is 12.1 Å². The lowest BCUT2D eigenvalue weighted by atomic mass is 10.0. The number of carbonyl (C=O) groups is 2. The lowest BCUT2D eigenvalue weighted by molar-refractivity contribution is -0.143. The Balaban J connectivity index is 2.31. The molecule has 0 spiro atoms. The number of hydrogen-bond donors (Lipinski definition) is 2. The molecule has 0 radical (unpaired) electrons. The minimum absolute atomic E-state index is 0.00918. The summed E-state index contributed by atoms with van der Waals surface area (Å²) in [7, 11) is 0. The van der Waals surface area contributed by atoms with E-state index >= 15 is 0 Å². The van der Waals surface area contributed by atoms with Crippen molar-refractivity contribution in [3.8, 4) is 5.75 Å². The maximum Gasteiger partial charge on any atom is 0.416 e. The minimum atomic E-state index is -5.06. The number of carbonyl (C=O) groups excluding carboxylic acids is 1. The van der Waals surface area contributed by atoms with Crippen LogP contribution in [0, 0.1) is 0 Å². The van der Waals surface area contributed by atoms with Crippen LogP contribution >= 0.6 is 0 Å². The van der Waals surface area contributed by atoms with E-state index in [0.29, 0.717) is 12.1 Å². The normalized spacial score (nSPS) is 11.8. The molecular formula is C19H15F6NO4. The number of hydrogen-bond acceptors (Lipinski definition) is 3. The van der Waals surface area contributed by atoms with Gasteiger partial charge >= 0.3 is 18.3 Å². The molecule has 0 saturated carbocycles. The van der Waals surface area contributed by atoms with Crippen molar-refractivity contribution in [1.82, 2.24) is 0 Å². The van der Waals surface area contributed by atoms with Crippen molar-refractivity contribution in [3.05, 3.63) is 58.7 Å². The fourth-order valence-corrected chi connectivity index (χ4v) is 2.44. The zero-order valence-electron chi connectivity index (χ0n) is 15.3. The highest BCUT2D eigenvalue weighted by atomic mass is 19.4. The second-order valence-electron chi connectivity index (χ2n) is 6.07. The Morgan fingerprint density at radius 1 is 1.00 bits per heavy atom. The van der Waals surface area contributed by atoms with Gasteiger partial charge in [0.1, 0.15) is 12.4 Å². The number of amides is 1. The van der Waals surface area contributed by atoms with Gasteiger partial charge < -0.3 is 15.2 Å². The van der Waals surface area contributed by atoms with E-state index in [0.717, 1.165) is 6.07 Å². The van der Waals surface area contributed by atoms with Gasteiger partial charge in [-0.3, -0.25) is 4.79 Å². The number of ether oxygens (including phenoxy) is 1. The average Bonchev–Trinajstić information content (AvgIpc) is 2.65. The first-order valence-corrected chi connectivity index (χ1v) is 8.40. The van der Waals surface area contributed by atoms with Crippen LogP contribution < -0.4 is 10.1 Å². The maximum absolute atomic E-state index is 13.2. The first-order valence-electron chi connectivity index (χ1n) is 8.40. The molecule has 0 aliphatic rings. The monoisotopic (exact) mass is 435 g/mol. The van der Waals surface area contributed by atoms with Gasteiger partial charge in [0.25, 0.3) is 0 Å². The first-order chi connectivity index (χ1) is 13.8. The van der Waals surface area contributed by atoms with Crippen LogP contribution in [-0.4, -0.2) is 17.0 Å². The smallest absolute Gasteiger partial charge is 0.416 e. The molecule has 11 heteroatoms. The van der Waals surface area contributed by atoms with Crippen LogP contribution in [0.4, 0.5) is 32.0 Å². The third-order valence-electron chi connectivity index (χ3n) is 3.95. The lowest BCUT2D eigenvalue weighted by Gasteiger charge is -2.17. The molecular weight excluding hydrogens is 420 g/mol. The summed E-state index contributed by atoms with van der Waals surface area (Å²) in [5.41, 5.74) is -3.92. The maximum atomic E-state index is 13.2. The summed E-state index contributed by atoms with van der Waals surface area (Å²) in [5.74, 6) is -2.02. The summed E-state index contributed by atoms with van der Waals surface area (Å²) < 4.78 is 82.9. The average molecular weight is 435 g/mol. The summed E-state index contributed by atoms with van der Waals surface area (Å²) in [5, 5.41) is 11.6. The molecule has 0 aliphatic carbocycles. The van der Waals surface area contributed by atoms with Crippen LogP contribution in [0.3, 0.4) is 0 Å². The molecule has 2 aromatic rings. The molecule has 0 saturated heterocycles. The van der Waals surface area contributed by atoms with Gasteiger partial charge in [0.2, 0.25) is 5.91 Å². The van der Waals surface area contributed by atoms with E-state index in [1.807, 2.05) is 0 Å². The number of benzene rings is 2. The van der Waals surface area contributed by atoms with Gasteiger partial charge in [-0.05, 0) is 30.3 Å². The number of anilines is 1. The van der Waals surface area contributed by atoms with Gasteiger partial charge in [0, 0.05) is 12.0 Å². The lowest BCUT2D eigenvalue weighted by Crippen LogP contribution is -2.15. The zero-order valence-corrected chi connectivity index (χ0v) is 15.3. The van der Waals surface area contributed by atoms with Gasteiger partial charge in [-0.15, -0.1) is 0 Å². The Bertz CT molecular complexity index is 953. The number of aromatic carboxylic acids is 1. The molecule has 30 heavy (non-hydrogen) atoms. The van der Waals surface area contributed by atoms with Crippen molar-refractivity contribution >= 4 is 17.6 Å². The number of alkyl halides is 6. The van der Waals surface area contributed by atoms with Crippen LogP contribution in [0.15, 0.2) is 36.4 Å². The molecule has 1 amide bonds. The topological polar surface area (TPSA) is 75.6 Å². The van der Waals surface area contributed by atoms with Crippen LogP contribution in [0.1, 0.15) is 40.4 Å². The predicted molar refractivity (Wildman–Crippen MR) is 93.1 cm³/mol. The molecule has 162 valence electrons. The van der Waals surface area contributed by atoms with Gasteiger partial charge in [0.05, 0.1) is 22.4 Å². The molecule has 0 aromatic heterocycles. The van der Waals surface area contributed by atoms with Crippen molar-refractivity contribution < 1.29 is 45.8 Å². The number of rotatable bonds is 6. The molecule has 0 unspecified atom stereocenters. The molecule has 2 N–H and O–H groups in total. The fourth-order valence-electron chi connectivity index (χ4n) is 2.44. The third kappa shape index (κ3) is 5.65. The largest absolute Gasteiger partial charge is 0.489 e. The molecule has 0 heterocycles. The van der Waals surface area contributed by atoms with Crippen molar-refractivity contribution in [2.75, 3.05) is 5.32 Å². The molecule has 0 aliphatic heterocycles. The molecule has 0 fully saturated rings. The number of nitrogens with one attached hydrogen (secondary N) is 1. The van der Waals surface area contributed by atoms with Crippen molar-refractivity contribution in [3.63, 3.8) is 0 Å². The van der Waals surface area contributed by atoms with E-state index in [-0.39, 0.29) is 29.5 Å². The molecule has 0 bridgehead atoms. The molecule has 2 aromatic carbocycles. The minimum Gasteiger partial charge on any atom is -0.489 e. The van der Waals surface area contributed by atoms with Gasteiger partial charge in [-0.1, -0.05) is 13.0 Å². The van der Waals surface area contributed by atoms with Crippen molar-refractivity contribution in [2.45, 2.75) is 32.3 Å². The summed E-state index contributed by atoms with van der Waals surface area (Å²) in [6.07, 6.45) is -9.92. The second-order valence-corrected chi connectivity index (χ2v) is 6.07. The summed E-state index contributed by atoms with van der Waals surface area (Å²) in [4.78, 5) is 22.8. The Labute approximate surface area is 166 Å². The van der Waals surface area contributed by atoms with Crippen molar-refractivity contribution in [1.29, 1.82) is 0 Å². The van der Waals surface area contributed by atoms with Crippen LogP contribution in [0.2, 0.25) is 0 Å². The highest BCUT2D eigenvalue weighted by molar-refractivity contribution is 6.00. The van der Waals surface area contributed by atoms with E-state index in [1.54, 1.807) is 6.92 Å². The molecule has 0 atom stereocenters. The summed E-state index contributed by atoms with van der Waals surface area (Å²) in [6, 6.07) is 4.55. The van der Waals surface area contributed by atoms with E-state index in [2.05, 4.69) is 5.32 Å². The molecule has 5 nitrogen and oxygen atoms in total. The van der Waals surface area contributed by atoms with Gasteiger partial charge in [-0.25, -0.2) is 4.79 Å². The number of halogens is 6. The number of carboxylic acid groups (broad SMARTS) is 1. The first kappa shape index (κ1) is 23.0. The van der Waals surface area contributed by atoms with Gasteiger partial charge in [0.15, 0.2) is 0 Å².